The maximum atomic E-state index is 12.5. The van der Waals surface area contributed by atoms with Crippen molar-refractivity contribution in [2.75, 3.05) is 11.9 Å². The molecule has 2 amide bonds. The highest BCUT2D eigenvalue weighted by Crippen LogP contribution is 2.22. The highest BCUT2D eigenvalue weighted by Gasteiger charge is 2.09. The van der Waals surface area contributed by atoms with Crippen LogP contribution in [0.2, 0.25) is 0 Å². The summed E-state index contributed by atoms with van der Waals surface area (Å²) in [6.45, 7) is 2.51. The molecule has 0 saturated heterocycles. The first-order valence-corrected chi connectivity index (χ1v) is 11.1. The Labute approximate surface area is 190 Å². The monoisotopic (exact) mass is 442 g/mol. The lowest BCUT2D eigenvalue weighted by molar-refractivity contribution is 0.0952. The second-order valence-corrected chi connectivity index (χ2v) is 8.29. The first-order chi connectivity index (χ1) is 15.6. The fourth-order valence-electron chi connectivity index (χ4n) is 3.20. The number of aromatic nitrogens is 2. The van der Waals surface area contributed by atoms with Crippen molar-refractivity contribution in [2.24, 2.45) is 0 Å². The van der Waals surface area contributed by atoms with Gasteiger partial charge >= 0.3 is 0 Å². The van der Waals surface area contributed by atoms with Crippen molar-refractivity contribution in [1.82, 2.24) is 15.3 Å². The van der Waals surface area contributed by atoms with Gasteiger partial charge in [0, 0.05) is 41.1 Å². The van der Waals surface area contributed by atoms with Gasteiger partial charge in [0.05, 0.1) is 16.3 Å². The number of pyridine rings is 1. The van der Waals surface area contributed by atoms with E-state index in [1.165, 1.54) is 6.20 Å². The molecule has 0 spiro atoms. The van der Waals surface area contributed by atoms with Gasteiger partial charge in [-0.2, -0.15) is 0 Å². The molecule has 2 aromatic heterocycles. The molecule has 0 aliphatic carbocycles. The van der Waals surface area contributed by atoms with Crippen molar-refractivity contribution in [1.29, 1.82) is 0 Å². The zero-order valence-corrected chi connectivity index (χ0v) is 18.4. The molecule has 2 aromatic carbocycles. The first kappa shape index (κ1) is 21.4. The molecular formula is C25H22N4O2S. The predicted octanol–water partition coefficient (Wildman–Crippen LogP) is 4.74. The Morgan fingerprint density at radius 2 is 1.78 bits per heavy atom. The number of nitrogens with zero attached hydrogens (tertiary/aromatic N) is 2. The second-order valence-electron chi connectivity index (χ2n) is 7.23. The van der Waals surface area contributed by atoms with Crippen molar-refractivity contribution in [3.63, 3.8) is 0 Å². The Kier molecular flexibility index (Phi) is 6.67. The molecule has 0 unspecified atom stereocenters. The van der Waals surface area contributed by atoms with E-state index in [0.29, 0.717) is 23.4 Å². The molecule has 4 rings (SSSR count). The van der Waals surface area contributed by atoms with Crippen LogP contribution in [0.1, 0.15) is 31.3 Å². The third-order valence-electron chi connectivity index (χ3n) is 4.87. The van der Waals surface area contributed by atoms with Gasteiger partial charge < -0.3 is 10.6 Å². The molecule has 0 fully saturated rings. The number of rotatable bonds is 7. The summed E-state index contributed by atoms with van der Waals surface area (Å²) in [5.74, 6) is -0.455. The number of carbonyl (C=O) groups is 2. The van der Waals surface area contributed by atoms with E-state index in [0.717, 1.165) is 28.2 Å². The molecule has 7 heteroatoms. The Balaban J connectivity index is 1.30. The van der Waals surface area contributed by atoms with Crippen LogP contribution in [0.4, 0.5) is 5.69 Å². The molecule has 2 heterocycles. The number of hydrogen-bond acceptors (Lipinski definition) is 5. The number of thiazole rings is 1. The van der Waals surface area contributed by atoms with Gasteiger partial charge in [-0.25, -0.2) is 4.98 Å². The normalized spacial score (nSPS) is 10.5. The van der Waals surface area contributed by atoms with E-state index in [1.54, 1.807) is 53.9 Å². The molecule has 0 bridgehead atoms. The van der Waals surface area contributed by atoms with E-state index < -0.39 is 0 Å². The minimum absolute atomic E-state index is 0.183. The fourth-order valence-corrected chi connectivity index (χ4v) is 3.82. The van der Waals surface area contributed by atoms with Gasteiger partial charge in [-0.05, 0) is 49.2 Å². The summed E-state index contributed by atoms with van der Waals surface area (Å²) in [6, 6.07) is 18.5. The van der Waals surface area contributed by atoms with Gasteiger partial charge in [0.2, 0.25) is 0 Å². The van der Waals surface area contributed by atoms with Gasteiger partial charge in [-0.1, -0.05) is 30.3 Å². The number of aryl methyl sites for hydroxylation is 1. The molecule has 2 N–H and O–H groups in total. The lowest BCUT2D eigenvalue weighted by atomic mass is 10.1. The van der Waals surface area contributed by atoms with Crippen LogP contribution in [0.15, 0.2) is 78.4 Å². The van der Waals surface area contributed by atoms with E-state index >= 15 is 0 Å². The molecule has 4 aromatic rings. The quantitative estimate of drug-likeness (QED) is 0.433. The highest BCUT2D eigenvalue weighted by molar-refractivity contribution is 7.09. The zero-order valence-electron chi connectivity index (χ0n) is 17.5. The van der Waals surface area contributed by atoms with Crippen LogP contribution in [0.5, 0.6) is 0 Å². The number of anilines is 1. The Bertz CT molecular complexity index is 1220. The van der Waals surface area contributed by atoms with Crippen molar-refractivity contribution >= 4 is 28.8 Å². The number of benzene rings is 2. The maximum Gasteiger partial charge on any atom is 0.257 e. The molecule has 0 aliphatic rings. The molecule has 160 valence electrons. The summed E-state index contributed by atoms with van der Waals surface area (Å²) >= 11 is 1.64. The van der Waals surface area contributed by atoms with Gasteiger partial charge in [0.25, 0.3) is 11.8 Å². The van der Waals surface area contributed by atoms with Gasteiger partial charge in [-0.15, -0.1) is 11.3 Å². The summed E-state index contributed by atoms with van der Waals surface area (Å²) < 4.78 is 0. The minimum Gasteiger partial charge on any atom is -0.352 e. The van der Waals surface area contributed by atoms with E-state index in [1.807, 2.05) is 6.92 Å². The smallest absolute Gasteiger partial charge is 0.257 e. The topological polar surface area (TPSA) is 84.0 Å². The van der Waals surface area contributed by atoms with Crippen molar-refractivity contribution in [3.8, 4) is 11.3 Å². The van der Waals surface area contributed by atoms with Crippen LogP contribution in [-0.2, 0) is 6.42 Å². The molecule has 32 heavy (non-hydrogen) atoms. The number of hydrogen-bond donors (Lipinski definition) is 2. The summed E-state index contributed by atoms with van der Waals surface area (Å²) in [5.41, 5.74) is 4.72. The molecule has 0 radical (unpaired) electrons. The molecule has 0 atom stereocenters. The van der Waals surface area contributed by atoms with Crippen molar-refractivity contribution in [2.45, 2.75) is 13.3 Å². The SMILES string of the molecule is Cc1nc(-c2ccc(CCNC(=O)c3cccc(NC(=O)c4cccnc4)c3)cc2)cs1. The largest absolute Gasteiger partial charge is 0.352 e. The van der Waals surface area contributed by atoms with Crippen LogP contribution in [-0.4, -0.2) is 28.3 Å². The molecular weight excluding hydrogens is 420 g/mol. The average molecular weight is 443 g/mol. The maximum absolute atomic E-state index is 12.5. The van der Waals surface area contributed by atoms with Crippen LogP contribution < -0.4 is 10.6 Å². The van der Waals surface area contributed by atoms with Crippen LogP contribution in [0, 0.1) is 6.92 Å². The van der Waals surface area contributed by atoms with E-state index in [4.69, 9.17) is 0 Å². The fraction of sp³-hybridized carbons (Fsp3) is 0.120. The Morgan fingerprint density at radius 1 is 0.969 bits per heavy atom. The Hall–Kier alpha value is -3.84. The van der Waals surface area contributed by atoms with E-state index in [2.05, 4.69) is 50.2 Å². The number of amides is 2. The van der Waals surface area contributed by atoms with Crippen LogP contribution in [0.25, 0.3) is 11.3 Å². The minimum atomic E-state index is -0.271. The zero-order chi connectivity index (χ0) is 22.3. The van der Waals surface area contributed by atoms with Gasteiger partial charge in [0.15, 0.2) is 0 Å². The summed E-state index contributed by atoms with van der Waals surface area (Å²) in [4.78, 5) is 33.3. The highest BCUT2D eigenvalue weighted by atomic mass is 32.1. The summed E-state index contributed by atoms with van der Waals surface area (Å²) in [7, 11) is 0. The third-order valence-corrected chi connectivity index (χ3v) is 5.65. The third kappa shape index (κ3) is 5.44. The molecule has 6 nitrogen and oxygen atoms in total. The molecule has 0 saturated carbocycles. The van der Waals surface area contributed by atoms with E-state index in [9.17, 15) is 9.59 Å². The summed E-state index contributed by atoms with van der Waals surface area (Å²) in [5, 5.41) is 8.83. The lowest BCUT2D eigenvalue weighted by Crippen LogP contribution is -2.25. The number of carbonyl (C=O) groups excluding carboxylic acids is 2. The predicted molar refractivity (Wildman–Crippen MR) is 127 cm³/mol. The molecule has 0 aliphatic heterocycles. The standard InChI is InChI=1S/C25H22N4O2S/c1-17-28-23(16-32-17)19-9-7-18(8-10-19)11-13-27-24(30)20-4-2-6-22(14-20)29-25(31)21-5-3-12-26-15-21/h2-10,12,14-16H,11,13H2,1H3,(H,27,30)(H,29,31). The Morgan fingerprint density at radius 3 is 2.50 bits per heavy atom. The van der Waals surface area contributed by atoms with Gasteiger partial charge in [0.1, 0.15) is 0 Å². The number of nitrogens with one attached hydrogen (secondary N) is 2. The van der Waals surface area contributed by atoms with Crippen LogP contribution in [0.3, 0.4) is 0 Å². The second kappa shape index (κ2) is 9.98. The van der Waals surface area contributed by atoms with Crippen molar-refractivity contribution < 1.29 is 9.59 Å². The summed E-state index contributed by atoms with van der Waals surface area (Å²) in [6.07, 6.45) is 3.83. The average Bonchev–Trinajstić information content (AvgIpc) is 3.26. The van der Waals surface area contributed by atoms with E-state index in [-0.39, 0.29) is 11.8 Å². The lowest BCUT2D eigenvalue weighted by Gasteiger charge is -2.09. The first-order valence-electron chi connectivity index (χ1n) is 10.2. The van der Waals surface area contributed by atoms with Gasteiger partial charge in [-0.3, -0.25) is 14.6 Å². The van der Waals surface area contributed by atoms with Crippen molar-refractivity contribution in [3.05, 3.63) is 100 Å². The van der Waals surface area contributed by atoms with Crippen LogP contribution >= 0.6 is 11.3 Å².